The van der Waals surface area contributed by atoms with Gasteiger partial charge in [0.05, 0.1) is 20.3 Å². The summed E-state index contributed by atoms with van der Waals surface area (Å²) in [5, 5.41) is 9.01. The number of hydrogen-bond acceptors (Lipinski definition) is 7. The summed E-state index contributed by atoms with van der Waals surface area (Å²) in [7, 11) is 2.86. The molecule has 0 amide bonds. The van der Waals surface area contributed by atoms with Gasteiger partial charge in [-0.15, -0.1) is 0 Å². The topological polar surface area (TPSA) is 135 Å². The molecule has 0 fully saturated rings. The number of hydrogen-bond donors (Lipinski definition) is 1. The maximum absolute atomic E-state index is 11.0. The van der Waals surface area contributed by atoms with E-state index in [0.29, 0.717) is 0 Å². The van der Waals surface area contributed by atoms with E-state index in [-0.39, 0.29) is 86.1 Å². The first-order valence-corrected chi connectivity index (χ1v) is 5.47. The molecule has 0 saturated heterocycles. The molecule has 0 unspecified atom stereocenters. The van der Waals surface area contributed by atoms with Crippen LogP contribution in [0, 0.1) is 0 Å². The molecule has 0 aromatic carbocycles. The van der Waals surface area contributed by atoms with Gasteiger partial charge in [0.1, 0.15) is 0 Å². The van der Waals surface area contributed by atoms with Crippen LogP contribution < -0.4 is 14.2 Å². The fraction of sp³-hybridized carbons (Fsp3) is 0.167. The van der Waals surface area contributed by atoms with Crippen molar-refractivity contribution in [1.82, 2.24) is 15.0 Å². The normalized spacial score (nSPS) is 9.00. The van der Waals surface area contributed by atoms with Crippen LogP contribution in [-0.4, -0.2) is 97.1 Å². The van der Waals surface area contributed by atoms with Crippen LogP contribution in [0.2, 0.25) is 0 Å². The van der Waals surface area contributed by atoms with Crippen LogP contribution in [-0.2, 0) is 0 Å². The van der Waals surface area contributed by atoms with E-state index < -0.39 is 5.97 Å². The molecule has 0 spiro atoms. The predicted octanol–water partition coefficient (Wildman–Crippen LogP) is -0.0939. The van der Waals surface area contributed by atoms with E-state index in [9.17, 15) is 4.79 Å². The zero-order valence-electron chi connectivity index (χ0n) is 11.2. The van der Waals surface area contributed by atoms with Crippen LogP contribution >= 0.6 is 0 Å². The third kappa shape index (κ3) is 5.16. The molecule has 22 heavy (non-hydrogen) atoms. The molecule has 0 atom stereocenters. The molecular formula is C12H14KN3O6. The summed E-state index contributed by atoms with van der Waals surface area (Å²) >= 11 is 0. The molecule has 0 aliphatic rings. The second-order valence-corrected chi connectivity index (χ2v) is 3.49. The van der Waals surface area contributed by atoms with E-state index in [1.807, 2.05) is 0 Å². The van der Waals surface area contributed by atoms with Gasteiger partial charge in [0, 0.05) is 6.20 Å². The number of carboxylic acids is 1. The number of nitrogens with zero attached hydrogens (tertiary/aromatic N) is 3. The van der Waals surface area contributed by atoms with Gasteiger partial charge in [0.15, 0.2) is 11.4 Å². The van der Waals surface area contributed by atoms with Gasteiger partial charge in [-0.2, -0.15) is 9.97 Å². The Kier molecular flexibility index (Phi) is 9.09. The van der Waals surface area contributed by atoms with Crippen molar-refractivity contribution in [3.8, 4) is 23.5 Å². The van der Waals surface area contributed by atoms with Crippen LogP contribution in [0.4, 0.5) is 0 Å². The van der Waals surface area contributed by atoms with Gasteiger partial charge in [0.2, 0.25) is 11.8 Å². The van der Waals surface area contributed by atoms with Crippen LogP contribution in [0.3, 0.4) is 0 Å². The van der Waals surface area contributed by atoms with Gasteiger partial charge in [-0.05, 0) is 12.1 Å². The Morgan fingerprint density at radius 2 is 1.77 bits per heavy atom. The second kappa shape index (κ2) is 9.66. The molecular weight excluding hydrogens is 321 g/mol. The van der Waals surface area contributed by atoms with E-state index >= 15 is 0 Å². The van der Waals surface area contributed by atoms with Gasteiger partial charge < -0.3 is 24.8 Å². The van der Waals surface area contributed by atoms with Crippen molar-refractivity contribution >= 4 is 57.4 Å². The van der Waals surface area contributed by atoms with Crippen molar-refractivity contribution in [3.05, 3.63) is 30.1 Å². The molecule has 2 aromatic heterocycles. The Hall–Kier alpha value is -1.30. The molecule has 2 heterocycles. The first kappa shape index (κ1) is 20.7. The molecule has 2 aromatic rings. The van der Waals surface area contributed by atoms with Gasteiger partial charge in [-0.1, -0.05) is 0 Å². The van der Waals surface area contributed by atoms with Crippen molar-refractivity contribution in [2.24, 2.45) is 0 Å². The fourth-order valence-electron chi connectivity index (χ4n) is 1.37. The third-order valence-electron chi connectivity index (χ3n) is 2.25. The molecule has 2 rings (SSSR count). The van der Waals surface area contributed by atoms with Gasteiger partial charge in [-0.3, -0.25) is 0 Å². The van der Waals surface area contributed by atoms with Crippen molar-refractivity contribution in [1.29, 1.82) is 0 Å². The number of methoxy groups -OCH3 is 2. The van der Waals surface area contributed by atoms with Crippen molar-refractivity contribution in [2.45, 2.75) is 0 Å². The van der Waals surface area contributed by atoms with Crippen molar-refractivity contribution < 1.29 is 29.6 Å². The molecule has 0 saturated carbocycles. The van der Waals surface area contributed by atoms with Crippen molar-refractivity contribution in [3.63, 3.8) is 0 Å². The Bertz CT molecular complexity index is 618. The summed E-state index contributed by atoms with van der Waals surface area (Å²) in [5.74, 6) is -0.731. The zero-order chi connectivity index (χ0) is 14.5. The summed E-state index contributed by atoms with van der Waals surface area (Å²) in [6.07, 6.45) is 1.35. The fourth-order valence-corrected chi connectivity index (χ4v) is 1.37. The SMILES string of the molecule is COc1cc(OC)nc(Oc2cccnc2C(=O)O)n1.O.[KH]. The molecule has 9 nitrogen and oxygen atoms in total. The van der Waals surface area contributed by atoms with E-state index in [2.05, 4.69) is 15.0 Å². The van der Waals surface area contributed by atoms with E-state index in [1.54, 1.807) is 6.07 Å². The van der Waals surface area contributed by atoms with E-state index in [0.717, 1.165) is 0 Å². The van der Waals surface area contributed by atoms with Crippen LogP contribution in [0.5, 0.6) is 23.5 Å². The van der Waals surface area contributed by atoms with Crippen LogP contribution in [0.25, 0.3) is 0 Å². The molecule has 0 radical (unpaired) electrons. The number of rotatable bonds is 5. The molecule has 114 valence electrons. The average molecular weight is 335 g/mol. The number of aromatic carboxylic acids is 1. The van der Waals surface area contributed by atoms with Crippen LogP contribution in [0.1, 0.15) is 10.5 Å². The summed E-state index contributed by atoms with van der Waals surface area (Å²) in [6, 6.07) is 4.36. The Morgan fingerprint density at radius 1 is 1.18 bits per heavy atom. The van der Waals surface area contributed by atoms with E-state index in [4.69, 9.17) is 19.3 Å². The molecule has 3 N–H and O–H groups in total. The minimum absolute atomic E-state index is 0. The van der Waals surface area contributed by atoms with Gasteiger partial charge in [-0.25, -0.2) is 9.78 Å². The first-order chi connectivity index (χ1) is 9.63. The maximum atomic E-state index is 11.0. The summed E-state index contributed by atoms with van der Waals surface area (Å²) in [4.78, 5) is 22.6. The third-order valence-corrected chi connectivity index (χ3v) is 2.25. The standard InChI is InChI=1S/C12H11N3O5.K.H2O.H/c1-18-8-6-9(19-2)15-12(14-8)20-7-4-3-5-13-10(7)11(16)17;;;/h3-6H,1-2H3,(H,16,17);;1H2;. The van der Waals surface area contributed by atoms with Crippen LogP contribution in [0.15, 0.2) is 24.4 Å². The second-order valence-electron chi connectivity index (χ2n) is 3.49. The van der Waals surface area contributed by atoms with Crippen molar-refractivity contribution in [2.75, 3.05) is 14.2 Å². The number of pyridine rings is 1. The Labute approximate surface area is 168 Å². The van der Waals surface area contributed by atoms with Gasteiger partial charge in [0.25, 0.3) is 0 Å². The monoisotopic (exact) mass is 335 g/mol. The summed E-state index contributed by atoms with van der Waals surface area (Å²) in [6.45, 7) is 0. The zero-order valence-corrected chi connectivity index (χ0v) is 11.2. The summed E-state index contributed by atoms with van der Waals surface area (Å²) in [5.41, 5.74) is -0.238. The molecule has 0 aliphatic heterocycles. The molecule has 0 aliphatic carbocycles. The summed E-state index contributed by atoms with van der Waals surface area (Å²) < 4.78 is 15.3. The molecule has 0 bridgehead atoms. The number of carboxylic acid groups (broad SMARTS) is 1. The number of aromatic nitrogens is 3. The minimum atomic E-state index is -1.21. The van der Waals surface area contributed by atoms with E-state index in [1.165, 1.54) is 32.5 Å². The first-order valence-electron chi connectivity index (χ1n) is 5.47. The number of carbonyl (C=O) groups is 1. The molecule has 10 heteroatoms. The predicted molar refractivity (Wildman–Crippen MR) is 77.2 cm³/mol. The Morgan fingerprint density at radius 3 is 2.27 bits per heavy atom. The average Bonchev–Trinajstić information content (AvgIpc) is 2.47. The quantitative estimate of drug-likeness (QED) is 0.749. The Balaban J connectivity index is 0.00000220. The van der Waals surface area contributed by atoms with Gasteiger partial charge >= 0.3 is 63.4 Å². The number of ether oxygens (including phenoxy) is 3.